The monoisotopic (exact) mass is 319 g/mol. The molecule has 3 heterocycles. The minimum atomic E-state index is -0.741. The standard InChI is InChI=1S/C15H17N3O3S/c1-7-11-9(6-22-7)14(21)18(8(2)16-11)12-13(20)17-10(19)5-15(12,3)4/h6,12H,5H2,1-4H3,(H,17,19,20). The van der Waals surface area contributed by atoms with Gasteiger partial charge in [0.25, 0.3) is 5.56 Å². The van der Waals surface area contributed by atoms with E-state index < -0.39 is 17.4 Å². The molecule has 6 nitrogen and oxygen atoms in total. The lowest BCUT2D eigenvalue weighted by Crippen LogP contribution is -2.53. The fourth-order valence-electron chi connectivity index (χ4n) is 3.12. The highest BCUT2D eigenvalue weighted by atomic mass is 32.1. The molecular formula is C15H17N3O3S. The van der Waals surface area contributed by atoms with Crippen LogP contribution >= 0.6 is 11.3 Å². The summed E-state index contributed by atoms with van der Waals surface area (Å²) in [5.74, 6) is -0.265. The van der Waals surface area contributed by atoms with E-state index in [0.717, 1.165) is 4.88 Å². The number of carbonyl (C=O) groups excluding carboxylic acids is 2. The van der Waals surface area contributed by atoms with Gasteiger partial charge in [0.05, 0.1) is 10.9 Å². The highest BCUT2D eigenvalue weighted by molar-refractivity contribution is 7.11. The van der Waals surface area contributed by atoms with Crippen molar-refractivity contribution in [1.29, 1.82) is 0 Å². The number of aromatic nitrogens is 2. The first kappa shape index (κ1) is 14.9. The van der Waals surface area contributed by atoms with Crippen LogP contribution in [-0.2, 0) is 9.59 Å². The molecule has 1 N–H and O–H groups in total. The molecule has 22 heavy (non-hydrogen) atoms. The van der Waals surface area contributed by atoms with Gasteiger partial charge < -0.3 is 0 Å². The molecule has 1 fully saturated rings. The van der Waals surface area contributed by atoms with Gasteiger partial charge in [-0.05, 0) is 13.8 Å². The van der Waals surface area contributed by atoms with E-state index in [4.69, 9.17) is 0 Å². The molecule has 0 aromatic carbocycles. The van der Waals surface area contributed by atoms with Gasteiger partial charge in [-0.3, -0.25) is 24.3 Å². The molecule has 1 saturated heterocycles. The van der Waals surface area contributed by atoms with Crippen molar-refractivity contribution in [2.24, 2.45) is 5.41 Å². The van der Waals surface area contributed by atoms with Crippen molar-refractivity contribution in [1.82, 2.24) is 14.9 Å². The Bertz CT molecular complexity index is 863. The SMILES string of the molecule is Cc1scc2c(=O)n(C3C(=O)NC(=O)CC3(C)C)c(C)nc12. The van der Waals surface area contributed by atoms with E-state index in [2.05, 4.69) is 10.3 Å². The fraction of sp³-hybridized carbons (Fsp3) is 0.467. The van der Waals surface area contributed by atoms with Gasteiger partial charge in [-0.15, -0.1) is 11.3 Å². The Morgan fingerprint density at radius 3 is 2.64 bits per heavy atom. The molecule has 7 heteroatoms. The lowest BCUT2D eigenvalue weighted by molar-refractivity contribution is -0.141. The highest BCUT2D eigenvalue weighted by Crippen LogP contribution is 2.37. The summed E-state index contributed by atoms with van der Waals surface area (Å²) in [5, 5.41) is 4.62. The van der Waals surface area contributed by atoms with E-state index in [0.29, 0.717) is 16.7 Å². The molecule has 1 atom stereocenters. The number of imide groups is 1. The Hall–Kier alpha value is -2.02. The molecule has 2 amide bonds. The van der Waals surface area contributed by atoms with E-state index in [-0.39, 0.29) is 17.9 Å². The van der Waals surface area contributed by atoms with Gasteiger partial charge in [-0.25, -0.2) is 4.98 Å². The molecule has 0 bridgehead atoms. The number of amides is 2. The Balaban J connectivity index is 2.27. The van der Waals surface area contributed by atoms with Crippen molar-refractivity contribution in [3.05, 3.63) is 26.4 Å². The molecule has 116 valence electrons. The molecule has 1 aliphatic rings. The van der Waals surface area contributed by atoms with Crippen molar-refractivity contribution in [2.75, 3.05) is 0 Å². The Morgan fingerprint density at radius 1 is 1.32 bits per heavy atom. The van der Waals surface area contributed by atoms with Crippen molar-refractivity contribution < 1.29 is 9.59 Å². The number of piperidine rings is 1. The summed E-state index contributed by atoms with van der Waals surface area (Å²) in [5.41, 5.74) is -0.183. The van der Waals surface area contributed by atoms with Gasteiger partial charge in [0.15, 0.2) is 0 Å². The molecule has 2 aromatic rings. The lowest BCUT2D eigenvalue weighted by Gasteiger charge is -2.38. The summed E-state index contributed by atoms with van der Waals surface area (Å²) in [6.45, 7) is 7.28. The predicted molar refractivity (Wildman–Crippen MR) is 83.9 cm³/mol. The Labute approximate surface area is 131 Å². The van der Waals surface area contributed by atoms with Crippen molar-refractivity contribution >= 4 is 34.1 Å². The smallest absolute Gasteiger partial charge is 0.263 e. The van der Waals surface area contributed by atoms with Crippen molar-refractivity contribution in [2.45, 2.75) is 40.2 Å². The minimum Gasteiger partial charge on any atom is -0.295 e. The molecule has 2 aromatic heterocycles. The maximum absolute atomic E-state index is 12.8. The van der Waals surface area contributed by atoms with Crippen LogP contribution in [0.2, 0.25) is 0 Å². The van der Waals surface area contributed by atoms with Gasteiger partial charge in [0, 0.05) is 22.1 Å². The van der Waals surface area contributed by atoms with Gasteiger partial charge in [-0.2, -0.15) is 0 Å². The largest absolute Gasteiger partial charge is 0.295 e. The highest BCUT2D eigenvalue weighted by Gasteiger charge is 2.44. The third-order valence-electron chi connectivity index (χ3n) is 4.14. The van der Waals surface area contributed by atoms with E-state index >= 15 is 0 Å². The first-order valence-electron chi connectivity index (χ1n) is 7.03. The number of hydrogen-bond donors (Lipinski definition) is 1. The molecule has 0 saturated carbocycles. The van der Waals surface area contributed by atoms with Crippen LogP contribution in [0, 0.1) is 19.3 Å². The number of rotatable bonds is 1. The zero-order valence-corrected chi connectivity index (χ0v) is 13.7. The second kappa shape index (κ2) is 4.74. The summed E-state index contributed by atoms with van der Waals surface area (Å²) in [4.78, 5) is 42.3. The summed E-state index contributed by atoms with van der Waals surface area (Å²) in [6, 6.07) is -0.741. The van der Waals surface area contributed by atoms with Crippen LogP contribution in [0.3, 0.4) is 0 Å². The van der Waals surface area contributed by atoms with Gasteiger partial charge in [0.2, 0.25) is 11.8 Å². The first-order chi connectivity index (χ1) is 10.2. The maximum Gasteiger partial charge on any atom is 0.263 e. The number of hydrogen-bond acceptors (Lipinski definition) is 5. The van der Waals surface area contributed by atoms with Crippen LogP contribution in [-0.4, -0.2) is 21.4 Å². The normalized spacial score (nSPS) is 21.2. The van der Waals surface area contributed by atoms with Gasteiger partial charge in [-0.1, -0.05) is 13.8 Å². The lowest BCUT2D eigenvalue weighted by atomic mass is 9.77. The van der Waals surface area contributed by atoms with Crippen LogP contribution < -0.4 is 10.9 Å². The number of aryl methyl sites for hydroxylation is 2. The predicted octanol–water partition coefficient (Wildman–Crippen LogP) is 1.69. The zero-order chi connectivity index (χ0) is 16.2. The number of thiophene rings is 1. The second-order valence-corrected chi connectivity index (χ2v) is 7.45. The number of nitrogens with zero attached hydrogens (tertiary/aromatic N) is 2. The molecular weight excluding hydrogens is 302 g/mol. The fourth-order valence-corrected chi connectivity index (χ4v) is 3.89. The quantitative estimate of drug-likeness (QED) is 0.811. The number of nitrogens with one attached hydrogen (secondary N) is 1. The van der Waals surface area contributed by atoms with Gasteiger partial charge in [0.1, 0.15) is 11.9 Å². The molecule has 3 rings (SSSR count). The van der Waals surface area contributed by atoms with Crippen LogP contribution in [0.25, 0.3) is 10.9 Å². The van der Waals surface area contributed by atoms with E-state index in [1.54, 1.807) is 12.3 Å². The van der Waals surface area contributed by atoms with E-state index in [9.17, 15) is 14.4 Å². The minimum absolute atomic E-state index is 0.190. The molecule has 1 unspecified atom stereocenters. The van der Waals surface area contributed by atoms with Crippen LogP contribution in [0.1, 0.15) is 37.0 Å². The van der Waals surface area contributed by atoms with Crippen LogP contribution in [0.15, 0.2) is 10.2 Å². The summed E-state index contributed by atoms with van der Waals surface area (Å²) < 4.78 is 1.43. The van der Waals surface area contributed by atoms with Crippen molar-refractivity contribution in [3.63, 3.8) is 0 Å². The average Bonchev–Trinajstić information content (AvgIpc) is 2.73. The summed E-state index contributed by atoms with van der Waals surface area (Å²) in [7, 11) is 0. The third-order valence-corrected chi connectivity index (χ3v) is 5.04. The van der Waals surface area contributed by atoms with Gasteiger partial charge >= 0.3 is 0 Å². The first-order valence-corrected chi connectivity index (χ1v) is 7.91. The van der Waals surface area contributed by atoms with E-state index in [1.165, 1.54) is 15.9 Å². The average molecular weight is 319 g/mol. The van der Waals surface area contributed by atoms with Crippen molar-refractivity contribution in [3.8, 4) is 0 Å². The number of fused-ring (bicyclic) bond motifs is 1. The molecule has 0 radical (unpaired) electrons. The third kappa shape index (κ3) is 2.08. The zero-order valence-electron chi connectivity index (χ0n) is 12.9. The number of carbonyl (C=O) groups is 2. The van der Waals surface area contributed by atoms with Crippen LogP contribution in [0.4, 0.5) is 0 Å². The van der Waals surface area contributed by atoms with Crippen LogP contribution in [0.5, 0.6) is 0 Å². The second-order valence-electron chi connectivity index (χ2n) is 6.37. The summed E-state index contributed by atoms with van der Waals surface area (Å²) in [6.07, 6.45) is 0.190. The topological polar surface area (TPSA) is 81.1 Å². The molecule has 0 spiro atoms. The molecule has 0 aliphatic carbocycles. The Morgan fingerprint density at radius 2 is 2.00 bits per heavy atom. The maximum atomic E-state index is 12.8. The Kier molecular flexibility index (Phi) is 3.21. The van der Waals surface area contributed by atoms with E-state index in [1.807, 2.05) is 20.8 Å². The molecule has 1 aliphatic heterocycles. The summed E-state index contributed by atoms with van der Waals surface area (Å²) >= 11 is 1.47.